The predicted octanol–water partition coefficient (Wildman–Crippen LogP) is 4.10. The molecule has 2 nitrogen and oxygen atoms in total. The minimum absolute atomic E-state index is 0.488. The Kier molecular flexibility index (Phi) is 4.70. The highest BCUT2D eigenvalue weighted by Crippen LogP contribution is 2.36. The second-order valence-electron chi connectivity index (χ2n) is 3.80. The quantitative estimate of drug-likeness (QED) is 0.805. The first-order valence-electron chi connectivity index (χ1n) is 5.17. The molecule has 1 aliphatic rings. The van der Waals surface area contributed by atoms with Gasteiger partial charge < -0.3 is 10.1 Å². The van der Waals surface area contributed by atoms with Crippen molar-refractivity contribution in [2.24, 2.45) is 0 Å². The molecule has 88 valence electrons. The van der Waals surface area contributed by atoms with Gasteiger partial charge in [-0.25, -0.2) is 0 Å². The molecular formula is C11H12Br3NO. The van der Waals surface area contributed by atoms with Gasteiger partial charge in [0.1, 0.15) is 12.4 Å². The summed E-state index contributed by atoms with van der Waals surface area (Å²) in [6, 6.07) is 4.46. The summed E-state index contributed by atoms with van der Waals surface area (Å²) < 4.78 is 8.78. The van der Waals surface area contributed by atoms with Crippen molar-refractivity contribution >= 4 is 47.8 Å². The summed E-state index contributed by atoms with van der Waals surface area (Å²) in [4.78, 5) is 0. The van der Waals surface area contributed by atoms with Crippen molar-refractivity contribution in [1.82, 2.24) is 5.32 Å². The highest BCUT2D eigenvalue weighted by molar-refractivity contribution is 9.11. The van der Waals surface area contributed by atoms with Gasteiger partial charge in [-0.05, 0) is 63.4 Å². The van der Waals surface area contributed by atoms with Crippen molar-refractivity contribution in [3.8, 4) is 5.75 Å². The Labute approximate surface area is 121 Å². The van der Waals surface area contributed by atoms with Crippen molar-refractivity contribution < 1.29 is 4.74 Å². The van der Waals surface area contributed by atoms with Crippen LogP contribution in [-0.2, 0) is 0 Å². The van der Waals surface area contributed by atoms with Crippen molar-refractivity contribution in [2.75, 3.05) is 13.2 Å². The number of ether oxygens (including phenoxy) is 1. The van der Waals surface area contributed by atoms with E-state index in [1.165, 1.54) is 12.8 Å². The maximum atomic E-state index is 5.83. The molecule has 16 heavy (non-hydrogen) atoms. The molecule has 1 fully saturated rings. The van der Waals surface area contributed by atoms with E-state index in [-0.39, 0.29) is 0 Å². The molecule has 0 saturated carbocycles. The first-order chi connectivity index (χ1) is 7.66. The molecule has 5 heteroatoms. The standard InChI is InChI=1S/C11H12Br3NO/c12-7-4-9(13)11(10(14)5-7)16-6-8-2-1-3-15-8/h4-5,8,15H,1-3,6H2/t8-/m1/s1. The number of rotatable bonds is 3. The fraction of sp³-hybridized carbons (Fsp3) is 0.455. The average Bonchev–Trinajstić information content (AvgIpc) is 2.68. The van der Waals surface area contributed by atoms with Crippen LogP contribution in [0, 0.1) is 0 Å². The Hall–Kier alpha value is 0.420. The molecule has 0 unspecified atom stereocenters. The Morgan fingerprint density at radius 2 is 1.94 bits per heavy atom. The van der Waals surface area contributed by atoms with E-state index < -0.39 is 0 Å². The molecule has 0 aromatic heterocycles. The lowest BCUT2D eigenvalue weighted by Gasteiger charge is -2.14. The molecule has 1 heterocycles. The third kappa shape index (κ3) is 3.22. The molecule has 0 radical (unpaired) electrons. The Morgan fingerprint density at radius 3 is 2.50 bits per heavy atom. The largest absolute Gasteiger partial charge is 0.490 e. The smallest absolute Gasteiger partial charge is 0.147 e. The van der Waals surface area contributed by atoms with Crippen LogP contribution >= 0.6 is 47.8 Å². The highest BCUT2D eigenvalue weighted by atomic mass is 79.9. The fourth-order valence-corrected chi connectivity index (χ4v) is 4.24. The zero-order valence-corrected chi connectivity index (χ0v) is 13.4. The van der Waals surface area contributed by atoms with Gasteiger partial charge >= 0.3 is 0 Å². The summed E-state index contributed by atoms with van der Waals surface area (Å²) in [5.74, 6) is 0.872. The SMILES string of the molecule is Brc1cc(Br)c(OC[C@H]2CCCN2)c(Br)c1. The normalized spacial score (nSPS) is 20.1. The van der Waals surface area contributed by atoms with Crippen molar-refractivity contribution in [3.63, 3.8) is 0 Å². The molecule has 1 atom stereocenters. The summed E-state index contributed by atoms with van der Waals surface area (Å²) in [6.07, 6.45) is 2.45. The zero-order chi connectivity index (χ0) is 11.5. The Bertz CT molecular complexity index is 354. The van der Waals surface area contributed by atoms with Crippen LogP contribution in [0.3, 0.4) is 0 Å². The molecule has 0 aliphatic carbocycles. The van der Waals surface area contributed by atoms with Crippen molar-refractivity contribution in [3.05, 3.63) is 25.6 Å². The van der Waals surface area contributed by atoms with Crippen LogP contribution in [0.1, 0.15) is 12.8 Å². The zero-order valence-electron chi connectivity index (χ0n) is 8.60. The van der Waals surface area contributed by atoms with Crippen LogP contribution in [0.2, 0.25) is 0 Å². The molecule has 1 aromatic carbocycles. The van der Waals surface area contributed by atoms with E-state index in [1.807, 2.05) is 12.1 Å². The number of benzene rings is 1. The van der Waals surface area contributed by atoms with Gasteiger partial charge in [0.2, 0.25) is 0 Å². The van der Waals surface area contributed by atoms with Crippen LogP contribution in [0.4, 0.5) is 0 Å². The molecule has 1 N–H and O–H groups in total. The summed E-state index contributed by atoms with van der Waals surface area (Å²) in [7, 11) is 0. The average molecular weight is 414 g/mol. The lowest BCUT2D eigenvalue weighted by atomic mass is 10.2. The van der Waals surface area contributed by atoms with Gasteiger partial charge in [0, 0.05) is 10.5 Å². The van der Waals surface area contributed by atoms with Crippen LogP contribution in [0.5, 0.6) is 5.75 Å². The topological polar surface area (TPSA) is 21.3 Å². The number of halogens is 3. The number of hydrogen-bond donors (Lipinski definition) is 1. The Balaban J connectivity index is 2.03. The van der Waals surface area contributed by atoms with Crippen molar-refractivity contribution in [2.45, 2.75) is 18.9 Å². The first kappa shape index (κ1) is 12.9. The minimum atomic E-state index is 0.488. The van der Waals surface area contributed by atoms with Gasteiger partial charge in [-0.3, -0.25) is 0 Å². The van der Waals surface area contributed by atoms with Gasteiger partial charge in [-0.1, -0.05) is 15.9 Å². The first-order valence-corrected chi connectivity index (χ1v) is 7.55. The van der Waals surface area contributed by atoms with Crippen LogP contribution in [-0.4, -0.2) is 19.2 Å². The summed E-state index contributed by atoms with van der Waals surface area (Å²) in [5, 5.41) is 3.41. The van der Waals surface area contributed by atoms with Crippen LogP contribution in [0.15, 0.2) is 25.6 Å². The van der Waals surface area contributed by atoms with E-state index in [9.17, 15) is 0 Å². The molecule has 1 saturated heterocycles. The predicted molar refractivity (Wildman–Crippen MR) is 76.1 cm³/mol. The van der Waals surface area contributed by atoms with Crippen LogP contribution < -0.4 is 10.1 Å². The monoisotopic (exact) mass is 411 g/mol. The molecule has 2 rings (SSSR count). The lowest BCUT2D eigenvalue weighted by Crippen LogP contribution is -2.28. The third-order valence-electron chi connectivity index (χ3n) is 2.55. The molecule has 1 aliphatic heterocycles. The number of hydrogen-bond acceptors (Lipinski definition) is 2. The van der Waals surface area contributed by atoms with Gasteiger partial charge in [-0.15, -0.1) is 0 Å². The fourth-order valence-electron chi connectivity index (χ4n) is 1.75. The lowest BCUT2D eigenvalue weighted by molar-refractivity contribution is 0.274. The maximum Gasteiger partial charge on any atom is 0.147 e. The maximum absolute atomic E-state index is 5.83. The molecule has 0 amide bonds. The summed E-state index contributed by atoms with van der Waals surface area (Å²) >= 11 is 10.4. The van der Waals surface area contributed by atoms with Gasteiger partial charge in [0.25, 0.3) is 0 Å². The van der Waals surface area contributed by atoms with E-state index >= 15 is 0 Å². The van der Waals surface area contributed by atoms with E-state index in [2.05, 4.69) is 53.1 Å². The third-order valence-corrected chi connectivity index (χ3v) is 4.19. The van der Waals surface area contributed by atoms with E-state index in [0.29, 0.717) is 6.04 Å². The summed E-state index contributed by atoms with van der Waals surface area (Å²) in [6.45, 7) is 1.83. The molecule has 1 aromatic rings. The molecule has 0 bridgehead atoms. The van der Waals surface area contributed by atoms with Crippen molar-refractivity contribution in [1.29, 1.82) is 0 Å². The minimum Gasteiger partial charge on any atom is -0.490 e. The second-order valence-corrected chi connectivity index (χ2v) is 6.43. The number of nitrogens with one attached hydrogen (secondary N) is 1. The van der Waals surface area contributed by atoms with Gasteiger partial charge in [0.05, 0.1) is 8.95 Å². The molecular weight excluding hydrogens is 402 g/mol. The van der Waals surface area contributed by atoms with Gasteiger partial charge in [-0.2, -0.15) is 0 Å². The van der Waals surface area contributed by atoms with Gasteiger partial charge in [0.15, 0.2) is 0 Å². The second kappa shape index (κ2) is 5.85. The van der Waals surface area contributed by atoms with Crippen LogP contribution in [0.25, 0.3) is 0 Å². The van der Waals surface area contributed by atoms with E-state index in [0.717, 1.165) is 32.3 Å². The van der Waals surface area contributed by atoms with E-state index in [1.54, 1.807) is 0 Å². The van der Waals surface area contributed by atoms with E-state index in [4.69, 9.17) is 4.74 Å². The Morgan fingerprint density at radius 1 is 1.25 bits per heavy atom. The highest BCUT2D eigenvalue weighted by Gasteiger charge is 2.16. The molecule has 0 spiro atoms. The summed E-state index contributed by atoms with van der Waals surface area (Å²) in [5.41, 5.74) is 0.